The molecule has 0 fully saturated rings. The van der Waals surface area contributed by atoms with Crippen LogP contribution in [0.15, 0.2) is 18.2 Å². The highest BCUT2D eigenvalue weighted by molar-refractivity contribution is 6.05. The Morgan fingerprint density at radius 1 is 1.42 bits per heavy atom. The average molecular weight is 262 g/mol. The van der Waals surface area contributed by atoms with Crippen LogP contribution in [0.3, 0.4) is 0 Å². The van der Waals surface area contributed by atoms with Crippen molar-refractivity contribution in [2.24, 2.45) is 0 Å². The Hall–Kier alpha value is -2.04. The first-order valence-electron chi connectivity index (χ1n) is 6.37. The fourth-order valence-corrected chi connectivity index (χ4v) is 1.87. The fraction of sp³-hybridized carbons (Fsp3) is 0.429. The van der Waals surface area contributed by atoms with Gasteiger partial charge in [-0.3, -0.25) is 9.59 Å². The van der Waals surface area contributed by atoms with Gasteiger partial charge in [-0.25, -0.2) is 0 Å². The molecule has 1 heterocycles. The van der Waals surface area contributed by atoms with E-state index in [0.29, 0.717) is 23.5 Å². The number of hydrogen-bond acceptors (Lipinski definition) is 3. The van der Waals surface area contributed by atoms with Gasteiger partial charge in [-0.1, -0.05) is 13.0 Å². The van der Waals surface area contributed by atoms with E-state index in [0.717, 1.165) is 6.42 Å². The highest BCUT2D eigenvalue weighted by Gasteiger charge is 2.36. The van der Waals surface area contributed by atoms with E-state index >= 15 is 0 Å². The number of hydrogen-bond donors (Lipinski definition) is 2. The molecule has 0 atom stereocenters. The van der Waals surface area contributed by atoms with Crippen LogP contribution in [0, 0.1) is 0 Å². The molecule has 1 aliphatic rings. The maximum atomic E-state index is 11.9. The number of fused-ring (bicyclic) bond motifs is 1. The third-order valence-electron chi connectivity index (χ3n) is 2.93. The monoisotopic (exact) mass is 262 g/mol. The molecule has 19 heavy (non-hydrogen) atoms. The van der Waals surface area contributed by atoms with E-state index in [1.165, 1.54) is 0 Å². The molecule has 5 nitrogen and oxygen atoms in total. The standard InChI is InChI=1S/C14H18N2O3/c1-4-6-11(17)15-9-7-5-8-10-12(9)16-13(18)14(2,3)19-10/h5,7-8H,4,6H2,1-3H3,(H,15,17)(H,16,18). The van der Waals surface area contributed by atoms with Crippen LogP contribution in [0.1, 0.15) is 33.6 Å². The van der Waals surface area contributed by atoms with Gasteiger partial charge < -0.3 is 15.4 Å². The van der Waals surface area contributed by atoms with Crippen LogP contribution in [0.4, 0.5) is 11.4 Å². The molecule has 1 aromatic rings. The van der Waals surface area contributed by atoms with E-state index in [-0.39, 0.29) is 11.8 Å². The van der Waals surface area contributed by atoms with E-state index in [2.05, 4.69) is 10.6 Å². The Balaban J connectivity index is 2.29. The molecule has 0 aliphatic carbocycles. The Kier molecular flexibility index (Phi) is 3.46. The molecule has 1 aliphatic heterocycles. The van der Waals surface area contributed by atoms with Crippen molar-refractivity contribution in [1.29, 1.82) is 0 Å². The molecule has 0 saturated heterocycles. The first-order chi connectivity index (χ1) is 8.94. The van der Waals surface area contributed by atoms with Crippen LogP contribution in [-0.2, 0) is 9.59 Å². The summed E-state index contributed by atoms with van der Waals surface area (Å²) in [5.41, 5.74) is 0.190. The number of anilines is 2. The first-order valence-corrected chi connectivity index (χ1v) is 6.37. The van der Waals surface area contributed by atoms with Gasteiger partial charge in [0.05, 0.1) is 5.69 Å². The van der Waals surface area contributed by atoms with Crippen molar-refractivity contribution in [1.82, 2.24) is 0 Å². The summed E-state index contributed by atoms with van der Waals surface area (Å²) >= 11 is 0. The molecule has 0 saturated carbocycles. The van der Waals surface area contributed by atoms with E-state index in [4.69, 9.17) is 4.74 Å². The minimum absolute atomic E-state index is 0.0741. The van der Waals surface area contributed by atoms with Crippen LogP contribution in [0.25, 0.3) is 0 Å². The summed E-state index contributed by atoms with van der Waals surface area (Å²) in [4.78, 5) is 23.5. The number of amides is 2. The zero-order valence-electron chi connectivity index (χ0n) is 11.4. The molecule has 0 bridgehead atoms. The average Bonchev–Trinajstić information content (AvgIpc) is 2.31. The van der Waals surface area contributed by atoms with Gasteiger partial charge in [0.25, 0.3) is 5.91 Å². The molecule has 1 aromatic carbocycles. The Morgan fingerprint density at radius 3 is 2.84 bits per heavy atom. The van der Waals surface area contributed by atoms with Crippen molar-refractivity contribution in [3.8, 4) is 5.75 Å². The summed E-state index contributed by atoms with van der Waals surface area (Å²) in [6.07, 6.45) is 1.22. The zero-order valence-corrected chi connectivity index (χ0v) is 11.4. The number of para-hydroxylation sites is 1. The molecular formula is C14H18N2O3. The highest BCUT2D eigenvalue weighted by Crippen LogP contribution is 2.38. The first kappa shape index (κ1) is 13.4. The molecule has 0 aromatic heterocycles. The lowest BCUT2D eigenvalue weighted by molar-refractivity contribution is -0.129. The Morgan fingerprint density at radius 2 is 2.16 bits per heavy atom. The van der Waals surface area contributed by atoms with E-state index in [1.807, 2.05) is 6.92 Å². The van der Waals surface area contributed by atoms with Gasteiger partial charge >= 0.3 is 0 Å². The van der Waals surface area contributed by atoms with Crippen molar-refractivity contribution in [2.75, 3.05) is 10.6 Å². The summed E-state index contributed by atoms with van der Waals surface area (Å²) in [7, 11) is 0. The van der Waals surface area contributed by atoms with Gasteiger partial charge in [-0.2, -0.15) is 0 Å². The van der Waals surface area contributed by atoms with Gasteiger partial charge in [-0.05, 0) is 32.4 Å². The summed E-state index contributed by atoms with van der Waals surface area (Å²) in [6, 6.07) is 5.30. The fourth-order valence-electron chi connectivity index (χ4n) is 1.87. The number of benzene rings is 1. The summed E-state index contributed by atoms with van der Waals surface area (Å²) in [5, 5.41) is 5.57. The number of nitrogens with one attached hydrogen (secondary N) is 2. The van der Waals surface area contributed by atoms with Crippen molar-refractivity contribution >= 4 is 23.2 Å². The maximum absolute atomic E-state index is 11.9. The minimum atomic E-state index is -0.904. The highest BCUT2D eigenvalue weighted by atomic mass is 16.5. The predicted octanol–water partition coefficient (Wildman–Crippen LogP) is 2.53. The number of ether oxygens (including phenoxy) is 1. The third kappa shape index (κ3) is 2.70. The normalized spacial score (nSPS) is 16.1. The lowest BCUT2D eigenvalue weighted by atomic mass is 10.1. The van der Waals surface area contributed by atoms with E-state index < -0.39 is 5.60 Å². The molecule has 0 radical (unpaired) electrons. The predicted molar refractivity (Wildman–Crippen MR) is 73.3 cm³/mol. The van der Waals surface area contributed by atoms with Crippen LogP contribution >= 0.6 is 0 Å². The topological polar surface area (TPSA) is 67.4 Å². The van der Waals surface area contributed by atoms with Crippen LogP contribution in [0.5, 0.6) is 5.75 Å². The Labute approximate surface area is 112 Å². The molecular weight excluding hydrogens is 244 g/mol. The molecule has 2 amide bonds. The summed E-state index contributed by atoms with van der Waals surface area (Å²) in [5.74, 6) is 0.270. The molecule has 0 spiro atoms. The lowest BCUT2D eigenvalue weighted by Gasteiger charge is -2.32. The second kappa shape index (κ2) is 4.91. The van der Waals surface area contributed by atoms with Gasteiger partial charge in [0.2, 0.25) is 5.91 Å². The smallest absolute Gasteiger partial charge is 0.268 e. The molecule has 102 valence electrons. The molecule has 0 unspecified atom stereocenters. The van der Waals surface area contributed by atoms with Gasteiger partial charge in [0.15, 0.2) is 5.60 Å². The molecule has 2 rings (SSSR count). The summed E-state index contributed by atoms with van der Waals surface area (Å²) in [6.45, 7) is 5.34. The van der Waals surface area contributed by atoms with Crippen LogP contribution in [-0.4, -0.2) is 17.4 Å². The van der Waals surface area contributed by atoms with Crippen molar-refractivity contribution in [3.63, 3.8) is 0 Å². The SMILES string of the molecule is CCCC(=O)Nc1cccc2c1NC(=O)C(C)(C)O2. The van der Waals surface area contributed by atoms with Crippen molar-refractivity contribution < 1.29 is 14.3 Å². The number of carbonyl (C=O) groups is 2. The van der Waals surface area contributed by atoms with Crippen molar-refractivity contribution in [3.05, 3.63) is 18.2 Å². The Bertz CT molecular complexity index is 523. The number of carbonyl (C=O) groups excluding carboxylic acids is 2. The molecule has 2 N–H and O–H groups in total. The zero-order chi connectivity index (χ0) is 14.0. The van der Waals surface area contributed by atoms with Gasteiger partial charge in [0.1, 0.15) is 11.4 Å². The van der Waals surface area contributed by atoms with Gasteiger partial charge in [0, 0.05) is 6.42 Å². The minimum Gasteiger partial charge on any atom is -0.476 e. The lowest BCUT2D eigenvalue weighted by Crippen LogP contribution is -2.45. The quantitative estimate of drug-likeness (QED) is 0.879. The van der Waals surface area contributed by atoms with Crippen LogP contribution in [0.2, 0.25) is 0 Å². The maximum Gasteiger partial charge on any atom is 0.268 e. The summed E-state index contributed by atoms with van der Waals surface area (Å²) < 4.78 is 5.65. The second-order valence-electron chi connectivity index (χ2n) is 5.04. The van der Waals surface area contributed by atoms with E-state index in [1.54, 1.807) is 32.0 Å². The van der Waals surface area contributed by atoms with Crippen molar-refractivity contribution in [2.45, 2.75) is 39.2 Å². The van der Waals surface area contributed by atoms with Gasteiger partial charge in [-0.15, -0.1) is 0 Å². The molecule has 5 heteroatoms. The third-order valence-corrected chi connectivity index (χ3v) is 2.93. The number of rotatable bonds is 3. The van der Waals surface area contributed by atoms with Crippen LogP contribution < -0.4 is 15.4 Å². The van der Waals surface area contributed by atoms with E-state index in [9.17, 15) is 9.59 Å². The second-order valence-corrected chi connectivity index (χ2v) is 5.04. The largest absolute Gasteiger partial charge is 0.476 e.